The molecule has 210 valence electrons. The van der Waals surface area contributed by atoms with E-state index in [9.17, 15) is 9.59 Å². The van der Waals surface area contributed by atoms with Gasteiger partial charge in [0.05, 0.1) is 11.0 Å². The van der Waals surface area contributed by atoms with Crippen LogP contribution in [0, 0.1) is 19.8 Å². The first-order chi connectivity index (χ1) is 18.6. The number of nitrogens with one attached hydrogen (secondary N) is 1. The van der Waals surface area contributed by atoms with E-state index in [-0.39, 0.29) is 6.61 Å². The van der Waals surface area contributed by atoms with Gasteiger partial charge >= 0.3 is 12.1 Å². The van der Waals surface area contributed by atoms with Crippen LogP contribution in [0.2, 0.25) is 0 Å². The van der Waals surface area contributed by atoms with Crippen molar-refractivity contribution in [2.75, 3.05) is 0 Å². The molecule has 0 unspecified atom stereocenters. The quantitative estimate of drug-likeness (QED) is 0.306. The van der Waals surface area contributed by atoms with Crippen molar-refractivity contribution in [1.29, 1.82) is 0 Å². The first kappa shape index (κ1) is 28.7. The summed E-state index contributed by atoms with van der Waals surface area (Å²) in [6.07, 6.45) is 6.59. The first-order valence-corrected chi connectivity index (χ1v) is 14.3. The molecule has 4 rings (SSSR count). The predicted molar refractivity (Wildman–Crippen MR) is 153 cm³/mol. The summed E-state index contributed by atoms with van der Waals surface area (Å²) in [7, 11) is 0. The highest BCUT2D eigenvalue weighted by atomic mass is 16.6. The van der Waals surface area contributed by atoms with E-state index in [0.717, 1.165) is 29.0 Å². The van der Waals surface area contributed by atoms with E-state index >= 15 is 0 Å². The molecule has 1 fully saturated rings. The summed E-state index contributed by atoms with van der Waals surface area (Å²) in [6.45, 7) is 10.7. The number of carbonyl (C=O) groups is 2. The summed E-state index contributed by atoms with van der Waals surface area (Å²) < 4.78 is 13.4. The average Bonchev–Trinajstić information content (AvgIpc) is 3.21. The first-order valence-electron chi connectivity index (χ1n) is 14.3. The number of ether oxygens (including phenoxy) is 2. The second-order valence-corrected chi connectivity index (χ2v) is 11.9. The van der Waals surface area contributed by atoms with Gasteiger partial charge in [0.25, 0.3) is 0 Å². The third-order valence-corrected chi connectivity index (χ3v) is 7.46. The van der Waals surface area contributed by atoms with Gasteiger partial charge in [-0.3, -0.25) is 0 Å². The number of carbonyl (C=O) groups excluding carboxylic acids is 2. The third-order valence-electron chi connectivity index (χ3n) is 7.46. The van der Waals surface area contributed by atoms with Crippen LogP contribution in [0.3, 0.4) is 0 Å². The van der Waals surface area contributed by atoms with Crippen LogP contribution < -0.4 is 5.32 Å². The molecule has 7 nitrogen and oxygen atoms in total. The van der Waals surface area contributed by atoms with Crippen LogP contribution in [-0.2, 0) is 33.8 Å². The van der Waals surface area contributed by atoms with E-state index in [1.807, 2.05) is 30.3 Å². The molecule has 1 atom stereocenters. The molecule has 1 amide bonds. The van der Waals surface area contributed by atoms with Crippen molar-refractivity contribution in [2.24, 2.45) is 5.92 Å². The zero-order valence-corrected chi connectivity index (χ0v) is 24.1. The number of fused-ring (bicyclic) bond motifs is 1. The molecule has 1 N–H and O–H groups in total. The van der Waals surface area contributed by atoms with E-state index in [1.54, 1.807) is 20.8 Å². The van der Waals surface area contributed by atoms with Gasteiger partial charge in [-0.25, -0.2) is 14.6 Å². The molecular weight excluding hydrogens is 490 g/mol. The van der Waals surface area contributed by atoms with E-state index in [0.29, 0.717) is 18.8 Å². The minimum Gasteiger partial charge on any atom is -0.459 e. The fourth-order valence-corrected chi connectivity index (χ4v) is 5.25. The summed E-state index contributed by atoms with van der Waals surface area (Å²) in [5.74, 6) is 1.08. The van der Waals surface area contributed by atoms with Crippen molar-refractivity contribution in [3.63, 3.8) is 0 Å². The van der Waals surface area contributed by atoms with Gasteiger partial charge in [0, 0.05) is 13.0 Å². The number of hydrogen-bond acceptors (Lipinski definition) is 5. The Hall–Kier alpha value is -3.35. The van der Waals surface area contributed by atoms with Crippen LogP contribution in [0.5, 0.6) is 0 Å². The lowest BCUT2D eigenvalue weighted by Gasteiger charge is -2.24. The van der Waals surface area contributed by atoms with Crippen LogP contribution in [-0.4, -0.2) is 33.3 Å². The van der Waals surface area contributed by atoms with E-state index in [1.165, 1.54) is 43.2 Å². The maximum Gasteiger partial charge on any atom is 0.408 e. The molecule has 2 aromatic carbocycles. The lowest BCUT2D eigenvalue weighted by Crippen LogP contribution is -2.44. The molecule has 3 aromatic rings. The maximum absolute atomic E-state index is 13.2. The fourth-order valence-electron chi connectivity index (χ4n) is 5.25. The molecule has 39 heavy (non-hydrogen) atoms. The molecule has 1 heterocycles. The fraction of sp³-hybridized carbons (Fsp3) is 0.531. The van der Waals surface area contributed by atoms with Crippen molar-refractivity contribution in [3.8, 4) is 0 Å². The summed E-state index contributed by atoms with van der Waals surface area (Å²) >= 11 is 0. The number of hydrogen-bond donors (Lipinski definition) is 1. The Bertz CT molecular complexity index is 1270. The SMILES string of the molecule is Cc1cc2nc(CC[C@@H](NC(=O)OC(C)(C)C)C(=O)OCc3ccccc3)n(CC3CCCCC3)c2cc1C. The predicted octanol–water partition coefficient (Wildman–Crippen LogP) is 6.80. The smallest absolute Gasteiger partial charge is 0.408 e. The lowest BCUT2D eigenvalue weighted by atomic mass is 9.89. The standard InChI is InChI=1S/C32H43N3O4/c1-22-18-27-28(19-23(22)2)35(20-24-12-8-6-9-13-24)29(33-27)17-16-26(34-31(37)39-32(3,4)5)30(36)38-21-25-14-10-7-11-15-25/h7,10-11,14-15,18-19,24,26H,6,8-9,12-13,16-17,20-21H2,1-5H3,(H,34,37)/t26-/m1/s1. The topological polar surface area (TPSA) is 82.4 Å². The van der Waals surface area contributed by atoms with Gasteiger partial charge < -0.3 is 19.4 Å². The summed E-state index contributed by atoms with van der Waals surface area (Å²) in [6, 6.07) is 13.1. The zero-order valence-electron chi connectivity index (χ0n) is 24.1. The van der Waals surface area contributed by atoms with E-state index < -0.39 is 23.7 Å². The Morgan fingerprint density at radius 2 is 1.74 bits per heavy atom. The van der Waals surface area contributed by atoms with E-state index in [2.05, 4.69) is 35.9 Å². The molecule has 1 saturated carbocycles. The number of rotatable bonds is 9. The Morgan fingerprint density at radius 3 is 2.44 bits per heavy atom. The number of imidazole rings is 1. The molecule has 0 spiro atoms. The Morgan fingerprint density at radius 1 is 1.05 bits per heavy atom. The molecular formula is C32H43N3O4. The third kappa shape index (κ3) is 8.07. The molecule has 7 heteroatoms. The van der Waals surface area contributed by atoms with Gasteiger partial charge in [0.15, 0.2) is 0 Å². The number of nitrogens with zero attached hydrogens (tertiary/aromatic N) is 2. The van der Waals surface area contributed by atoms with Crippen LogP contribution in [0.15, 0.2) is 42.5 Å². The normalized spacial score (nSPS) is 15.2. The lowest BCUT2D eigenvalue weighted by molar-refractivity contribution is -0.147. The second kappa shape index (κ2) is 12.7. The molecule has 0 saturated heterocycles. The highest BCUT2D eigenvalue weighted by Crippen LogP contribution is 2.29. The van der Waals surface area contributed by atoms with Gasteiger partial charge in [-0.15, -0.1) is 0 Å². The van der Waals surface area contributed by atoms with Crippen molar-refractivity contribution in [3.05, 3.63) is 65.0 Å². The van der Waals surface area contributed by atoms with Crippen LogP contribution >= 0.6 is 0 Å². The number of esters is 1. The average molecular weight is 534 g/mol. The van der Waals surface area contributed by atoms with Gasteiger partial charge in [-0.2, -0.15) is 0 Å². The highest BCUT2D eigenvalue weighted by Gasteiger charge is 2.27. The zero-order chi connectivity index (χ0) is 28.0. The number of benzene rings is 2. The molecule has 1 aliphatic rings. The van der Waals surface area contributed by atoms with Gasteiger partial charge in [0.2, 0.25) is 0 Å². The highest BCUT2D eigenvalue weighted by molar-refractivity contribution is 5.81. The summed E-state index contributed by atoms with van der Waals surface area (Å²) in [5, 5.41) is 2.76. The molecule has 1 aliphatic carbocycles. The van der Waals surface area contributed by atoms with Gasteiger partial charge in [-0.1, -0.05) is 49.6 Å². The van der Waals surface area contributed by atoms with Crippen LogP contribution in [0.25, 0.3) is 11.0 Å². The number of amides is 1. The molecule has 0 radical (unpaired) electrons. The minimum atomic E-state index is -0.852. The van der Waals surface area contributed by atoms with Crippen LogP contribution in [0.1, 0.15) is 81.8 Å². The molecule has 1 aromatic heterocycles. The Balaban J connectivity index is 1.55. The Labute approximate surface area is 232 Å². The summed E-state index contributed by atoms with van der Waals surface area (Å²) in [4.78, 5) is 30.8. The minimum absolute atomic E-state index is 0.144. The monoisotopic (exact) mass is 533 g/mol. The maximum atomic E-state index is 13.2. The van der Waals surface area contributed by atoms with E-state index in [4.69, 9.17) is 14.5 Å². The Kier molecular flexibility index (Phi) is 9.31. The van der Waals surface area contributed by atoms with Crippen molar-refractivity contribution in [1.82, 2.24) is 14.9 Å². The molecule has 0 aliphatic heterocycles. The van der Waals surface area contributed by atoms with Crippen molar-refractivity contribution >= 4 is 23.1 Å². The second-order valence-electron chi connectivity index (χ2n) is 11.9. The van der Waals surface area contributed by atoms with Crippen LogP contribution in [0.4, 0.5) is 4.79 Å². The summed E-state index contributed by atoms with van der Waals surface area (Å²) in [5.41, 5.74) is 4.79. The largest absolute Gasteiger partial charge is 0.459 e. The number of alkyl carbamates (subject to hydrolysis) is 1. The van der Waals surface area contributed by atoms with Gasteiger partial charge in [-0.05, 0) is 88.6 Å². The number of aromatic nitrogens is 2. The van der Waals surface area contributed by atoms with Gasteiger partial charge in [0.1, 0.15) is 24.1 Å². The number of aryl methyl sites for hydroxylation is 3. The molecule has 0 bridgehead atoms. The van der Waals surface area contributed by atoms with Crippen molar-refractivity contribution < 1.29 is 19.1 Å². The van der Waals surface area contributed by atoms with Crippen molar-refractivity contribution in [2.45, 2.75) is 104 Å².